The van der Waals surface area contributed by atoms with Crippen molar-refractivity contribution >= 4 is 17.5 Å². The minimum absolute atomic E-state index is 0.0330. The predicted octanol–water partition coefficient (Wildman–Crippen LogP) is 1.86. The zero-order chi connectivity index (χ0) is 18.1. The van der Waals surface area contributed by atoms with E-state index in [0.717, 1.165) is 16.9 Å². The fourth-order valence-electron chi connectivity index (χ4n) is 3.43. The molecular formula is C20H20N4O2. The summed E-state index contributed by atoms with van der Waals surface area (Å²) in [6.07, 6.45) is 4.59. The van der Waals surface area contributed by atoms with Gasteiger partial charge in [-0.3, -0.25) is 9.59 Å². The molecule has 0 saturated carbocycles. The van der Waals surface area contributed by atoms with Crippen LogP contribution >= 0.6 is 0 Å². The van der Waals surface area contributed by atoms with E-state index < -0.39 is 0 Å². The highest BCUT2D eigenvalue weighted by molar-refractivity contribution is 6.00. The summed E-state index contributed by atoms with van der Waals surface area (Å²) in [5.41, 5.74) is 3.26. The fraction of sp³-hybridized carbons (Fsp3) is 0.250. The number of pyridine rings is 1. The Hall–Kier alpha value is -3.15. The summed E-state index contributed by atoms with van der Waals surface area (Å²) in [6, 6.07) is 13.2. The second-order valence-corrected chi connectivity index (χ2v) is 6.56. The molecular weight excluding hydrogens is 328 g/mol. The summed E-state index contributed by atoms with van der Waals surface area (Å²) >= 11 is 0. The molecule has 6 nitrogen and oxygen atoms in total. The summed E-state index contributed by atoms with van der Waals surface area (Å²) < 4.78 is 1.97. The molecule has 2 amide bonds. The summed E-state index contributed by atoms with van der Waals surface area (Å²) in [7, 11) is 1.73. The average molecular weight is 348 g/mol. The van der Waals surface area contributed by atoms with Crippen LogP contribution in [0.25, 0.3) is 5.65 Å². The smallest absolute Gasteiger partial charge is 0.253 e. The Bertz CT molecular complexity index is 946. The molecule has 1 atom stereocenters. The molecule has 0 bridgehead atoms. The molecule has 0 radical (unpaired) electrons. The Morgan fingerprint density at radius 1 is 1.23 bits per heavy atom. The van der Waals surface area contributed by atoms with E-state index in [1.807, 2.05) is 53.2 Å². The number of rotatable bonds is 4. The van der Waals surface area contributed by atoms with Crippen LogP contribution in [0, 0.1) is 0 Å². The van der Waals surface area contributed by atoms with E-state index in [-0.39, 0.29) is 17.7 Å². The topological polar surface area (TPSA) is 66.7 Å². The molecule has 3 heterocycles. The van der Waals surface area contributed by atoms with Crippen molar-refractivity contribution in [1.82, 2.24) is 19.6 Å². The number of fused-ring (bicyclic) bond motifs is 2. The number of carbonyl (C=O) groups excluding carboxylic acids is 2. The fourth-order valence-corrected chi connectivity index (χ4v) is 3.43. The molecule has 1 unspecified atom stereocenters. The van der Waals surface area contributed by atoms with Gasteiger partial charge in [-0.1, -0.05) is 24.3 Å². The van der Waals surface area contributed by atoms with Crippen molar-refractivity contribution in [2.75, 3.05) is 20.1 Å². The van der Waals surface area contributed by atoms with Gasteiger partial charge in [0.1, 0.15) is 5.65 Å². The van der Waals surface area contributed by atoms with E-state index in [4.69, 9.17) is 0 Å². The standard InChI is InChI=1S/C20H20N4O2/c1-23-13-17(15-6-2-3-7-16(15)20(23)26)19(25)21-10-9-14-12-24-11-5-4-8-18(24)22-14/h2-8,11-12,17H,9-10,13H2,1H3,(H,21,25). The first-order valence-electron chi connectivity index (χ1n) is 8.68. The summed E-state index contributed by atoms with van der Waals surface area (Å²) in [6.45, 7) is 0.912. The van der Waals surface area contributed by atoms with Gasteiger partial charge >= 0.3 is 0 Å². The second kappa shape index (κ2) is 6.63. The summed E-state index contributed by atoms with van der Waals surface area (Å²) in [5.74, 6) is -0.426. The van der Waals surface area contributed by atoms with E-state index in [1.54, 1.807) is 18.0 Å². The predicted molar refractivity (Wildman–Crippen MR) is 98.0 cm³/mol. The van der Waals surface area contributed by atoms with Crippen LogP contribution in [0.4, 0.5) is 0 Å². The highest BCUT2D eigenvalue weighted by atomic mass is 16.2. The largest absolute Gasteiger partial charge is 0.355 e. The van der Waals surface area contributed by atoms with Crippen LogP contribution < -0.4 is 5.32 Å². The molecule has 1 aliphatic heterocycles. The molecule has 2 aromatic heterocycles. The lowest BCUT2D eigenvalue weighted by Gasteiger charge is -2.31. The van der Waals surface area contributed by atoms with E-state index in [0.29, 0.717) is 25.1 Å². The number of hydrogen-bond donors (Lipinski definition) is 1. The number of nitrogens with zero attached hydrogens (tertiary/aromatic N) is 3. The Morgan fingerprint density at radius 2 is 2.04 bits per heavy atom. The van der Waals surface area contributed by atoms with Crippen LogP contribution in [-0.4, -0.2) is 46.2 Å². The number of likely N-dealkylation sites (N-methyl/N-ethyl adjacent to an activating group) is 1. The van der Waals surface area contributed by atoms with Crippen LogP contribution in [0.3, 0.4) is 0 Å². The second-order valence-electron chi connectivity index (χ2n) is 6.56. The van der Waals surface area contributed by atoms with Crippen molar-refractivity contribution in [3.8, 4) is 0 Å². The van der Waals surface area contributed by atoms with Gasteiger partial charge in [0.2, 0.25) is 5.91 Å². The quantitative estimate of drug-likeness (QED) is 0.783. The zero-order valence-electron chi connectivity index (χ0n) is 14.6. The first-order chi connectivity index (χ1) is 12.6. The number of amides is 2. The molecule has 1 aromatic carbocycles. The molecule has 4 rings (SSSR count). The molecule has 1 N–H and O–H groups in total. The Balaban J connectivity index is 1.43. The molecule has 6 heteroatoms. The molecule has 1 aliphatic rings. The molecule has 0 fully saturated rings. The third kappa shape index (κ3) is 2.94. The molecule has 3 aromatic rings. The first kappa shape index (κ1) is 16.3. The maximum absolute atomic E-state index is 12.7. The number of benzene rings is 1. The number of imidazole rings is 1. The molecule has 0 saturated heterocycles. The number of aromatic nitrogens is 2. The minimum atomic E-state index is -0.338. The maximum atomic E-state index is 12.7. The van der Waals surface area contributed by atoms with Crippen molar-refractivity contribution < 1.29 is 9.59 Å². The zero-order valence-corrected chi connectivity index (χ0v) is 14.6. The average Bonchev–Trinajstić information content (AvgIpc) is 3.07. The maximum Gasteiger partial charge on any atom is 0.253 e. The van der Waals surface area contributed by atoms with Crippen molar-refractivity contribution in [2.45, 2.75) is 12.3 Å². The van der Waals surface area contributed by atoms with Crippen molar-refractivity contribution in [3.05, 3.63) is 71.7 Å². The van der Waals surface area contributed by atoms with Crippen molar-refractivity contribution in [3.63, 3.8) is 0 Å². The van der Waals surface area contributed by atoms with E-state index in [2.05, 4.69) is 10.3 Å². The molecule has 132 valence electrons. The number of hydrogen-bond acceptors (Lipinski definition) is 3. The minimum Gasteiger partial charge on any atom is -0.355 e. The van der Waals surface area contributed by atoms with Gasteiger partial charge in [0.15, 0.2) is 0 Å². The van der Waals surface area contributed by atoms with Gasteiger partial charge < -0.3 is 14.6 Å². The van der Waals surface area contributed by atoms with Crippen LogP contribution in [0.1, 0.15) is 27.5 Å². The molecule has 0 spiro atoms. The van der Waals surface area contributed by atoms with Gasteiger partial charge in [0.05, 0.1) is 11.6 Å². The first-order valence-corrected chi connectivity index (χ1v) is 8.68. The number of carbonyl (C=O) groups is 2. The van der Waals surface area contributed by atoms with Crippen molar-refractivity contribution in [2.24, 2.45) is 0 Å². The van der Waals surface area contributed by atoms with Crippen molar-refractivity contribution in [1.29, 1.82) is 0 Å². The summed E-state index contributed by atoms with van der Waals surface area (Å²) in [5, 5.41) is 3.00. The molecule has 26 heavy (non-hydrogen) atoms. The Morgan fingerprint density at radius 3 is 2.88 bits per heavy atom. The third-order valence-corrected chi connectivity index (χ3v) is 4.78. The highest BCUT2D eigenvalue weighted by Gasteiger charge is 2.33. The van der Waals surface area contributed by atoms with Gasteiger partial charge in [-0.05, 0) is 23.8 Å². The van der Waals surface area contributed by atoms with Gasteiger partial charge in [-0.15, -0.1) is 0 Å². The SMILES string of the molecule is CN1CC(C(=O)NCCc2cn3ccccc3n2)c2ccccc2C1=O. The molecule has 0 aliphatic carbocycles. The monoisotopic (exact) mass is 348 g/mol. The van der Waals surface area contributed by atoms with Crippen LogP contribution in [0.5, 0.6) is 0 Å². The van der Waals surface area contributed by atoms with E-state index in [9.17, 15) is 9.59 Å². The third-order valence-electron chi connectivity index (χ3n) is 4.78. The van der Waals surface area contributed by atoms with Gasteiger partial charge in [-0.25, -0.2) is 4.98 Å². The van der Waals surface area contributed by atoms with Crippen LogP contribution in [-0.2, 0) is 11.2 Å². The lowest BCUT2D eigenvalue weighted by atomic mass is 9.89. The van der Waals surface area contributed by atoms with E-state index >= 15 is 0 Å². The lowest BCUT2D eigenvalue weighted by Crippen LogP contribution is -2.43. The van der Waals surface area contributed by atoms with Gasteiger partial charge in [0.25, 0.3) is 5.91 Å². The van der Waals surface area contributed by atoms with E-state index in [1.165, 1.54) is 0 Å². The normalized spacial score (nSPS) is 16.6. The Kier molecular flexibility index (Phi) is 4.16. The van der Waals surface area contributed by atoms with Crippen LogP contribution in [0.15, 0.2) is 54.9 Å². The lowest BCUT2D eigenvalue weighted by molar-refractivity contribution is -0.122. The van der Waals surface area contributed by atoms with Gasteiger partial charge in [0, 0.05) is 44.5 Å². The van der Waals surface area contributed by atoms with Crippen LogP contribution in [0.2, 0.25) is 0 Å². The summed E-state index contributed by atoms with van der Waals surface area (Å²) in [4.78, 5) is 31.1. The van der Waals surface area contributed by atoms with Gasteiger partial charge in [-0.2, -0.15) is 0 Å². The number of nitrogens with one attached hydrogen (secondary N) is 1. The highest BCUT2D eigenvalue weighted by Crippen LogP contribution is 2.27. The Labute approximate surface area is 151 Å².